The predicted octanol–water partition coefficient (Wildman–Crippen LogP) is 1.77. The summed E-state index contributed by atoms with van der Waals surface area (Å²) in [6.07, 6.45) is 4.47. The quantitative estimate of drug-likeness (QED) is 0.671. The van der Waals surface area contributed by atoms with E-state index in [-0.39, 0.29) is 1.43 Å². The molecule has 2 aromatic heterocycles. The van der Waals surface area contributed by atoms with Crippen molar-refractivity contribution >= 4 is 11.0 Å². The van der Waals surface area contributed by atoms with Crippen LogP contribution in [0.3, 0.4) is 0 Å². The Hall–Kier alpha value is -1.38. The number of aromatic amines is 1. The number of pyridine rings is 1. The molecule has 1 N–H and O–H groups in total. The summed E-state index contributed by atoms with van der Waals surface area (Å²) in [4.78, 5) is 11.4. The lowest BCUT2D eigenvalue weighted by molar-refractivity contribution is 1.04. The van der Waals surface area contributed by atoms with Crippen LogP contribution < -0.4 is 0 Å². The first-order chi connectivity index (χ1) is 5.40. The third-order valence-corrected chi connectivity index (χ3v) is 1.72. The van der Waals surface area contributed by atoms with Gasteiger partial charge in [0, 0.05) is 7.12 Å². The summed E-state index contributed by atoms with van der Waals surface area (Å²) in [5.74, 6) is 0. The van der Waals surface area contributed by atoms with Crippen LogP contribution in [0.5, 0.6) is 0 Å². The number of hydrogen-bond donors (Lipinski definition) is 1. The first-order valence-electron chi connectivity index (χ1n) is 3.68. The maximum Gasteiger partial charge on any atom is 0.0932 e. The summed E-state index contributed by atoms with van der Waals surface area (Å²) in [5, 5.41) is 0. The number of aromatic nitrogens is 3. The van der Waals surface area contributed by atoms with Gasteiger partial charge < -0.3 is 4.98 Å². The Balaban J connectivity index is 0.000000720. The Labute approximate surface area is 66.0 Å². The second-order valence-corrected chi connectivity index (χ2v) is 2.45. The van der Waals surface area contributed by atoms with Crippen molar-refractivity contribution in [2.75, 3.05) is 0 Å². The van der Waals surface area contributed by atoms with Crippen molar-refractivity contribution in [3.8, 4) is 0 Å². The molecule has 2 heterocycles. The number of H-pyrrole nitrogens is 1. The maximum absolute atomic E-state index is 4.23. The lowest BCUT2D eigenvalue weighted by Crippen LogP contribution is -1.84. The van der Waals surface area contributed by atoms with Crippen molar-refractivity contribution in [3.05, 3.63) is 24.3 Å². The normalized spacial score (nSPS) is 10.6. The van der Waals surface area contributed by atoms with E-state index in [1.807, 2.05) is 12.3 Å². The number of nitrogens with one attached hydrogen (secondary N) is 1. The minimum Gasteiger partial charge on any atom is -0.343 e. The predicted molar refractivity (Wildman–Crippen MR) is 45.4 cm³/mol. The van der Waals surface area contributed by atoms with Gasteiger partial charge in [-0.25, -0.2) is 4.98 Å². The Bertz CT molecular complexity index is 369. The third-order valence-electron chi connectivity index (χ3n) is 1.72. The molecule has 0 fully saturated rings. The molecule has 0 aliphatic carbocycles. The molecule has 0 saturated heterocycles. The van der Waals surface area contributed by atoms with E-state index >= 15 is 0 Å². The summed E-state index contributed by atoms with van der Waals surface area (Å²) in [6, 6.07) is 2.01. The minimum atomic E-state index is 0. The SMILES string of the molecule is CCc1cc2nc[nH]c2cn1.[HH]. The van der Waals surface area contributed by atoms with E-state index in [1.165, 1.54) is 0 Å². The van der Waals surface area contributed by atoms with E-state index in [1.54, 1.807) is 6.33 Å². The Kier molecular flexibility index (Phi) is 1.35. The molecule has 3 heteroatoms. The molecule has 0 atom stereocenters. The van der Waals surface area contributed by atoms with Crippen LogP contribution in [0.4, 0.5) is 0 Å². The topological polar surface area (TPSA) is 41.6 Å². The van der Waals surface area contributed by atoms with Crippen molar-refractivity contribution < 1.29 is 1.43 Å². The van der Waals surface area contributed by atoms with Crippen LogP contribution in [0.15, 0.2) is 18.6 Å². The molecular formula is C8H11N3. The van der Waals surface area contributed by atoms with Gasteiger partial charge in [0.25, 0.3) is 0 Å². The van der Waals surface area contributed by atoms with E-state index in [0.29, 0.717) is 0 Å². The van der Waals surface area contributed by atoms with Gasteiger partial charge in [-0.3, -0.25) is 4.98 Å². The molecule has 0 amide bonds. The standard InChI is InChI=1S/C8H9N3.H2/c1-2-6-3-7-8(4-9-6)11-5-10-7;/h3-5H,2H2,1H3,(H,10,11);1H. The van der Waals surface area contributed by atoms with Crippen molar-refractivity contribution in [2.24, 2.45) is 0 Å². The van der Waals surface area contributed by atoms with Gasteiger partial charge in [-0.05, 0) is 12.5 Å². The Morgan fingerprint density at radius 2 is 2.45 bits per heavy atom. The highest BCUT2D eigenvalue weighted by Gasteiger charge is 1.96. The van der Waals surface area contributed by atoms with E-state index in [2.05, 4.69) is 21.9 Å². The number of fused-ring (bicyclic) bond motifs is 1. The third kappa shape index (κ3) is 0.981. The molecular weight excluding hydrogens is 138 g/mol. The van der Waals surface area contributed by atoms with Gasteiger partial charge in [0.1, 0.15) is 0 Å². The molecule has 0 radical (unpaired) electrons. The van der Waals surface area contributed by atoms with E-state index in [9.17, 15) is 0 Å². The van der Waals surface area contributed by atoms with Gasteiger partial charge in [0.15, 0.2) is 0 Å². The molecule has 2 aromatic rings. The fraction of sp³-hybridized carbons (Fsp3) is 0.250. The number of nitrogens with zero attached hydrogens (tertiary/aromatic N) is 2. The lowest BCUT2D eigenvalue weighted by Gasteiger charge is -1.92. The van der Waals surface area contributed by atoms with Crippen LogP contribution in [0.2, 0.25) is 0 Å². The molecule has 0 aliphatic rings. The zero-order valence-corrected chi connectivity index (χ0v) is 6.33. The number of imidazole rings is 1. The number of aryl methyl sites for hydroxylation is 1. The molecule has 3 nitrogen and oxygen atoms in total. The zero-order valence-electron chi connectivity index (χ0n) is 6.33. The van der Waals surface area contributed by atoms with Crippen molar-refractivity contribution in [2.45, 2.75) is 13.3 Å². The molecule has 11 heavy (non-hydrogen) atoms. The smallest absolute Gasteiger partial charge is 0.0932 e. The fourth-order valence-electron chi connectivity index (χ4n) is 1.07. The van der Waals surface area contributed by atoms with E-state index in [0.717, 1.165) is 23.1 Å². The monoisotopic (exact) mass is 149 g/mol. The molecule has 0 unspecified atom stereocenters. The van der Waals surface area contributed by atoms with Crippen LogP contribution in [0.25, 0.3) is 11.0 Å². The van der Waals surface area contributed by atoms with Gasteiger partial charge in [-0.1, -0.05) is 6.92 Å². The maximum atomic E-state index is 4.23. The van der Waals surface area contributed by atoms with E-state index < -0.39 is 0 Å². The lowest BCUT2D eigenvalue weighted by atomic mass is 10.3. The molecule has 0 spiro atoms. The second-order valence-electron chi connectivity index (χ2n) is 2.45. The molecule has 58 valence electrons. The van der Waals surface area contributed by atoms with Gasteiger partial charge in [-0.2, -0.15) is 0 Å². The van der Waals surface area contributed by atoms with Crippen LogP contribution in [0, 0.1) is 0 Å². The molecule has 0 bridgehead atoms. The summed E-state index contributed by atoms with van der Waals surface area (Å²) in [6.45, 7) is 2.08. The van der Waals surface area contributed by atoms with Gasteiger partial charge in [0.05, 0.1) is 23.6 Å². The molecule has 0 saturated carbocycles. The van der Waals surface area contributed by atoms with Crippen molar-refractivity contribution in [3.63, 3.8) is 0 Å². The highest BCUT2D eigenvalue weighted by molar-refractivity contribution is 5.73. The Morgan fingerprint density at radius 3 is 3.27 bits per heavy atom. The van der Waals surface area contributed by atoms with Crippen molar-refractivity contribution in [1.29, 1.82) is 0 Å². The first kappa shape index (κ1) is 6.34. The molecule has 0 aliphatic heterocycles. The van der Waals surface area contributed by atoms with Gasteiger partial charge >= 0.3 is 0 Å². The number of rotatable bonds is 1. The molecule has 2 rings (SSSR count). The Morgan fingerprint density at radius 1 is 1.55 bits per heavy atom. The molecule has 0 aromatic carbocycles. The summed E-state index contributed by atoms with van der Waals surface area (Å²) >= 11 is 0. The first-order valence-corrected chi connectivity index (χ1v) is 3.68. The average Bonchev–Trinajstić information content (AvgIpc) is 2.50. The van der Waals surface area contributed by atoms with Crippen LogP contribution in [-0.2, 0) is 6.42 Å². The minimum absolute atomic E-state index is 0. The van der Waals surface area contributed by atoms with E-state index in [4.69, 9.17) is 0 Å². The van der Waals surface area contributed by atoms with Crippen LogP contribution in [-0.4, -0.2) is 15.0 Å². The highest BCUT2D eigenvalue weighted by Crippen LogP contribution is 2.08. The fourth-order valence-corrected chi connectivity index (χ4v) is 1.07. The van der Waals surface area contributed by atoms with Crippen molar-refractivity contribution in [1.82, 2.24) is 15.0 Å². The average molecular weight is 149 g/mol. The highest BCUT2D eigenvalue weighted by atomic mass is 14.9. The summed E-state index contributed by atoms with van der Waals surface area (Å²) < 4.78 is 0. The van der Waals surface area contributed by atoms with Gasteiger partial charge in [-0.15, -0.1) is 0 Å². The largest absolute Gasteiger partial charge is 0.343 e. The van der Waals surface area contributed by atoms with Gasteiger partial charge in [0.2, 0.25) is 0 Å². The summed E-state index contributed by atoms with van der Waals surface area (Å²) in [5.41, 5.74) is 3.09. The summed E-state index contributed by atoms with van der Waals surface area (Å²) in [7, 11) is 0. The zero-order chi connectivity index (χ0) is 7.68. The van der Waals surface area contributed by atoms with Crippen LogP contribution >= 0.6 is 0 Å². The second kappa shape index (κ2) is 2.34. The number of hydrogen-bond acceptors (Lipinski definition) is 2. The van der Waals surface area contributed by atoms with Crippen LogP contribution in [0.1, 0.15) is 14.0 Å².